The lowest BCUT2D eigenvalue weighted by Gasteiger charge is -2.26. The first kappa shape index (κ1) is 19.8. The van der Waals surface area contributed by atoms with Gasteiger partial charge in [-0.3, -0.25) is 4.79 Å². The van der Waals surface area contributed by atoms with Crippen LogP contribution in [0.4, 0.5) is 10.3 Å². The summed E-state index contributed by atoms with van der Waals surface area (Å²) in [7, 11) is 1.61. The average molecular weight is 406 g/mol. The van der Waals surface area contributed by atoms with Crippen molar-refractivity contribution in [3.05, 3.63) is 71.8 Å². The number of nitrogens with zero attached hydrogens (tertiary/aromatic N) is 3. The predicted octanol–water partition coefficient (Wildman–Crippen LogP) is 3.78. The van der Waals surface area contributed by atoms with Crippen LogP contribution >= 0.6 is 0 Å². The van der Waals surface area contributed by atoms with Crippen molar-refractivity contribution >= 4 is 11.9 Å². The lowest BCUT2D eigenvalue weighted by atomic mass is 9.99. The second-order valence-electron chi connectivity index (χ2n) is 7.31. The fourth-order valence-corrected chi connectivity index (χ4v) is 3.91. The Hall–Kier alpha value is -3.48. The molecule has 154 valence electrons. The number of halogens is 1. The van der Waals surface area contributed by atoms with E-state index in [9.17, 15) is 9.18 Å². The second-order valence-corrected chi connectivity index (χ2v) is 7.31. The third-order valence-corrected chi connectivity index (χ3v) is 5.38. The zero-order valence-corrected chi connectivity index (χ0v) is 16.7. The van der Waals surface area contributed by atoms with Crippen molar-refractivity contribution in [1.29, 1.82) is 0 Å². The number of likely N-dealkylation sites (tertiary alicyclic amines) is 1. The summed E-state index contributed by atoms with van der Waals surface area (Å²) in [4.78, 5) is 23.5. The third-order valence-electron chi connectivity index (χ3n) is 5.38. The van der Waals surface area contributed by atoms with Gasteiger partial charge in [0, 0.05) is 18.3 Å². The number of amides is 1. The molecule has 1 aliphatic heterocycles. The Bertz CT molecular complexity index is 1060. The molecule has 2 aromatic carbocycles. The van der Waals surface area contributed by atoms with E-state index in [1.807, 2.05) is 29.2 Å². The van der Waals surface area contributed by atoms with Gasteiger partial charge in [-0.25, -0.2) is 14.4 Å². The van der Waals surface area contributed by atoms with Crippen molar-refractivity contribution in [2.75, 3.05) is 19.4 Å². The highest BCUT2D eigenvalue weighted by atomic mass is 19.1. The Labute approximate surface area is 174 Å². The van der Waals surface area contributed by atoms with Gasteiger partial charge in [0.05, 0.1) is 25.3 Å². The molecule has 1 fully saturated rings. The van der Waals surface area contributed by atoms with Gasteiger partial charge in [-0.1, -0.05) is 24.3 Å². The van der Waals surface area contributed by atoms with E-state index >= 15 is 0 Å². The lowest BCUT2D eigenvalue weighted by Crippen LogP contribution is -2.32. The van der Waals surface area contributed by atoms with E-state index < -0.39 is 0 Å². The molecule has 1 saturated heterocycles. The van der Waals surface area contributed by atoms with Crippen molar-refractivity contribution in [2.45, 2.75) is 25.3 Å². The lowest BCUT2D eigenvalue weighted by molar-refractivity contribution is -0.131. The number of anilines is 1. The highest BCUT2D eigenvalue weighted by Crippen LogP contribution is 2.37. The molecule has 0 aliphatic carbocycles. The van der Waals surface area contributed by atoms with Gasteiger partial charge in [-0.15, -0.1) is 0 Å². The number of nitrogen functional groups attached to an aromatic ring is 1. The van der Waals surface area contributed by atoms with Crippen LogP contribution in [0.15, 0.2) is 54.7 Å². The summed E-state index contributed by atoms with van der Waals surface area (Å²) < 4.78 is 19.0. The summed E-state index contributed by atoms with van der Waals surface area (Å²) >= 11 is 0. The Kier molecular flexibility index (Phi) is 5.61. The largest absolute Gasteiger partial charge is 0.497 e. The molecule has 2 heterocycles. The molecule has 1 atom stereocenters. The first-order valence-corrected chi connectivity index (χ1v) is 9.86. The van der Waals surface area contributed by atoms with Crippen molar-refractivity contribution < 1.29 is 13.9 Å². The number of methoxy groups -OCH3 is 1. The highest BCUT2D eigenvalue weighted by molar-refractivity contribution is 5.80. The first-order chi connectivity index (χ1) is 14.5. The van der Waals surface area contributed by atoms with Crippen LogP contribution < -0.4 is 10.5 Å². The minimum absolute atomic E-state index is 0.0186. The normalized spacial score (nSPS) is 15.9. The van der Waals surface area contributed by atoms with Crippen LogP contribution in [0.25, 0.3) is 11.1 Å². The van der Waals surface area contributed by atoms with Crippen LogP contribution in [0.3, 0.4) is 0 Å². The summed E-state index contributed by atoms with van der Waals surface area (Å²) in [6.45, 7) is 0.645. The summed E-state index contributed by atoms with van der Waals surface area (Å²) in [5, 5.41) is 0. The molecule has 0 radical (unpaired) electrons. The van der Waals surface area contributed by atoms with E-state index in [1.54, 1.807) is 25.4 Å². The van der Waals surface area contributed by atoms with E-state index in [0.29, 0.717) is 23.4 Å². The molecule has 1 aromatic heterocycles. The van der Waals surface area contributed by atoms with Gasteiger partial charge in [-0.05, 0) is 48.2 Å². The maximum atomic E-state index is 13.8. The number of nitrogens with two attached hydrogens (primary N) is 1. The first-order valence-electron chi connectivity index (χ1n) is 9.86. The zero-order valence-electron chi connectivity index (χ0n) is 16.7. The fourth-order valence-electron chi connectivity index (χ4n) is 3.91. The number of carbonyl (C=O) groups excluding carboxylic acids is 1. The molecule has 1 aliphatic rings. The molecule has 0 saturated carbocycles. The molecule has 6 nitrogen and oxygen atoms in total. The van der Waals surface area contributed by atoms with Crippen LogP contribution in [-0.2, 0) is 11.2 Å². The van der Waals surface area contributed by atoms with Gasteiger partial charge in [0.2, 0.25) is 11.9 Å². The van der Waals surface area contributed by atoms with Crippen molar-refractivity contribution in [3.63, 3.8) is 0 Å². The second kappa shape index (κ2) is 8.49. The fraction of sp³-hybridized carbons (Fsp3) is 0.261. The summed E-state index contributed by atoms with van der Waals surface area (Å²) in [5.41, 5.74) is 8.80. The van der Waals surface area contributed by atoms with E-state index in [-0.39, 0.29) is 30.1 Å². The van der Waals surface area contributed by atoms with Crippen LogP contribution in [0.2, 0.25) is 0 Å². The smallest absolute Gasteiger partial charge is 0.227 e. The molecule has 0 spiro atoms. The molecule has 1 unspecified atom stereocenters. The molecule has 3 aromatic rings. The van der Waals surface area contributed by atoms with E-state index in [2.05, 4.69) is 9.97 Å². The molecule has 4 rings (SSSR count). The Morgan fingerprint density at radius 3 is 2.80 bits per heavy atom. The molecular weight excluding hydrogens is 383 g/mol. The molecule has 30 heavy (non-hydrogen) atoms. The predicted molar refractivity (Wildman–Crippen MR) is 112 cm³/mol. The minimum atomic E-state index is -0.339. The summed E-state index contributed by atoms with van der Waals surface area (Å²) in [6.07, 6.45) is 3.53. The minimum Gasteiger partial charge on any atom is -0.497 e. The van der Waals surface area contributed by atoms with E-state index in [0.717, 1.165) is 24.2 Å². The van der Waals surface area contributed by atoms with Gasteiger partial charge in [-0.2, -0.15) is 0 Å². The van der Waals surface area contributed by atoms with Crippen molar-refractivity contribution in [3.8, 4) is 16.9 Å². The van der Waals surface area contributed by atoms with Crippen LogP contribution in [0.1, 0.15) is 30.1 Å². The third kappa shape index (κ3) is 4.10. The molecule has 1 amide bonds. The number of hydrogen-bond acceptors (Lipinski definition) is 5. The van der Waals surface area contributed by atoms with Crippen LogP contribution in [-0.4, -0.2) is 34.4 Å². The van der Waals surface area contributed by atoms with Crippen LogP contribution in [0, 0.1) is 5.82 Å². The number of rotatable bonds is 5. The number of carbonyl (C=O) groups is 1. The summed E-state index contributed by atoms with van der Waals surface area (Å²) in [5.74, 6) is 0.570. The van der Waals surface area contributed by atoms with E-state index in [1.165, 1.54) is 12.1 Å². The monoisotopic (exact) mass is 406 g/mol. The standard InChI is InChI=1S/C23H23FN4O2/c1-30-18-9-7-15(8-10-18)12-21(29)28-11-3-6-20(28)22-19(14-26-23(25)27-22)16-4-2-5-17(24)13-16/h2,4-5,7-10,13-14,20H,3,6,11-12H2,1H3,(H2,25,26,27). The van der Waals surface area contributed by atoms with Gasteiger partial charge in [0.15, 0.2) is 0 Å². The van der Waals surface area contributed by atoms with Crippen molar-refractivity contribution in [1.82, 2.24) is 14.9 Å². The topological polar surface area (TPSA) is 81.3 Å². The number of ether oxygens (including phenoxy) is 1. The van der Waals surface area contributed by atoms with E-state index in [4.69, 9.17) is 10.5 Å². The maximum Gasteiger partial charge on any atom is 0.227 e. The Morgan fingerprint density at radius 1 is 1.27 bits per heavy atom. The maximum absolute atomic E-state index is 13.8. The Balaban J connectivity index is 1.63. The molecule has 2 N–H and O–H groups in total. The molecule has 0 bridgehead atoms. The number of aromatic nitrogens is 2. The van der Waals surface area contributed by atoms with Gasteiger partial charge in [0.25, 0.3) is 0 Å². The number of hydrogen-bond donors (Lipinski definition) is 1. The zero-order chi connectivity index (χ0) is 21.1. The van der Waals surface area contributed by atoms with Crippen molar-refractivity contribution in [2.24, 2.45) is 0 Å². The van der Waals surface area contributed by atoms with Gasteiger partial charge < -0.3 is 15.4 Å². The average Bonchev–Trinajstić information content (AvgIpc) is 3.24. The van der Waals surface area contributed by atoms with Gasteiger partial charge in [0.1, 0.15) is 11.6 Å². The number of benzene rings is 2. The molecular formula is C23H23FN4O2. The highest BCUT2D eigenvalue weighted by Gasteiger charge is 2.33. The van der Waals surface area contributed by atoms with Gasteiger partial charge >= 0.3 is 0 Å². The SMILES string of the molecule is COc1ccc(CC(=O)N2CCCC2c2nc(N)ncc2-c2cccc(F)c2)cc1. The summed E-state index contributed by atoms with van der Waals surface area (Å²) in [6, 6.07) is 13.5. The Morgan fingerprint density at radius 2 is 2.07 bits per heavy atom. The van der Waals surface area contributed by atoms with Crippen LogP contribution in [0.5, 0.6) is 5.75 Å². The molecule has 7 heteroatoms. The quantitative estimate of drug-likeness (QED) is 0.697.